The molecule has 0 fully saturated rings. The molecule has 0 amide bonds. The van der Waals surface area contributed by atoms with Crippen LogP contribution in [0.15, 0.2) is 30.3 Å². The molecule has 82 valence electrons. The molecule has 1 rings (SSSR count). The molecule has 0 aliphatic carbocycles. The third-order valence-corrected chi connectivity index (χ3v) is 2.28. The van der Waals surface area contributed by atoms with Crippen molar-refractivity contribution in [2.24, 2.45) is 5.73 Å². The van der Waals surface area contributed by atoms with Gasteiger partial charge < -0.3 is 0 Å². The first-order valence-corrected chi connectivity index (χ1v) is 5.25. The second-order valence-corrected chi connectivity index (χ2v) is 3.75. The number of carbonyl (C=O) groups excluding carboxylic acids is 1. The lowest BCUT2D eigenvalue weighted by molar-refractivity contribution is 0.0583. The van der Waals surface area contributed by atoms with E-state index in [1.54, 1.807) is 18.2 Å². The second kappa shape index (κ2) is 4.52. The highest BCUT2D eigenvalue weighted by Crippen LogP contribution is 2.12. The smallest absolute Gasteiger partial charge is 0.259 e. The predicted octanol–water partition coefficient (Wildman–Crippen LogP) is 0.0872. The quantitative estimate of drug-likeness (QED) is 0.434. The largest absolute Gasteiger partial charge is 0.296 e. The lowest BCUT2D eigenvalue weighted by atomic mass is 10.0. The summed E-state index contributed by atoms with van der Waals surface area (Å²) < 4.78 is 25.0. The van der Waals surface area contributed by atoms with Crippen LogP contribution in [0.1, 0.15) is 17.3 Å². The van der Waals surface area contributed by atoms with Gasteiger partial charge in [0.05, 0.1) is 0 Å². The van der Waals surface area contributed by atoms with Gasteiger partial charge in [-0.15, -0.1) is 0 Å². The number of nitrogens with two attached hydrogens (primary N) is 1. The average molecular weight is 229 g/mol. The molecule has 0 aliphatic heterocycles. The van der Waals surface area contributed by atoms with Gasteiger partial charge in [-0.25, -0.2) is 12.6 Å². The molecular weight excluding hydrogens is 218 g/mol. The van der Waals surface area contributed by atoms with Crippen molar-refractivity contribution in [3.8, 4) is 0 Å². The Balaban J connectivity index is 2.94. The Kier molecular flexibility index (Phi) is 3.57. The zero-order valence-electron chi connectivity index (χ0n) is 8.04. The third-order valence-electron chi connectivity index (χ3n) is 1.75. The first-order valence-electron chi connectivity index (χ1n) is 4.16. The highest BCUT2D eigenvalue weighted by Gasteiger charge is 2.31. The van der Waals surface area contributed by atoms with Crippen molar-refractivity contribution in [1.29, 1.82) is 0 Å². The molecule has 2 N–H and O–H groups in total. The van der Waals surface area contributed by atoms with Gasteiger partial charge in [-0.05, 0) is 6.92 Å². The summed E-state index contributed by atoms with van der Waals surface area (Å²) in [6, 6.07) is 8.12. The van der Waals surface area contributed by atoms with Gasteiger partial charge in [-0.1, -0.05) is 30.3 Å². The summed E-state index contributed by atoms with van der Waals surface area (Å²) in [5.74, 6) is -0.581. The van der Waals surface area contributed by atoms with Crippen LogP contribution in [0.2, 0.25) is 0 Å². The fourth-order valence-corrected chi connectivity index (χ4v) is 1.47. The standard InChI is InChI=1S/C9H11NO4S/c1-9(10,14-15(12)13)8(11)7-5-3-2-4-6-7/h2-6,15H,10H2,1H3. The minimum atomic E-state index is -3.16. The van der Waals surface area contributed by atoms with E-state index in [0.717, 1.165) is 0 Å². The second-order valence-electron chi connectivity index (χ2n) is 3.12. The van der Waals surface area contributed by atoms with E-state index in [-0.39, 0.29) is 0 Å². The minimum absolute atomic E-state index is 0.305. The summed E-state index contributed by atoms with van der Waals surface area (Å²) in [7, 11) is -3.16. The predicted molar refractivity (Wildman–Crippen MR) is 54.8 cm³/mol. The summed E-state index contributed by atoms with van der Waals surface area (Å²) in [5, 5.41) is 0. The number of rotatable bonds is 4. The number of hydrogen-bond acceptors (Lipinski definition) is 5. The molecule has 1 unspecified atom stereocenters. The van der Waals surface area contributed by atoms with E-state index in [9.17, 15) is 13.2 Å². The molecule has 0 bridgehead atoms. The molecule has 0 aromatic heterocycles. The van der Waals surface area contributed by atoms with E-state index in [4.69, 9.17) is 5.73 Å². The van der Waals surface area contributed by atoms with Crippen molar-refractivity contribution >= 4 is 16.8 Å². The number of carbonyl (C=O) groups is 1. The highest BCUT2D eigenvalue weighted by molar-refractivity contribution is 7.67. The number of ketones is 1. The number of thiol groups is 1. The van der Waals surface area contributed by atoms with Gasteiger partial charge in [-0.3, -0.25) is 10.5 Å². The molecule has 0 saturated carbocycles. The third kappa shape index (κ3) is 3.12. The molecule has 1 aromatic rings. The van der Waals surface area contributed by atoms with Crippen LogP contribution in [0.5, 0.6) is 0 Å². The minimum Gasteiger partial charge on any atom is -0.296 e. The molecule has 0 aliphatic rings. The van der Waals surface area contributed by atoms with E-state index in [1.807, 2.05) is 0 Å². The Bertz CT molecular complexity index is 417. The maximum Gasteiger partial charge on any atom is 0.259 e. The highest BCUT2D eigenvalue weighted by atomic mass is 32.2. The first kappa shape index (κ1) is 11.8. The summed E-state index contributed by atoms with van der Waals surface area (Å²) >= 11 is 0. The number of hydrogen-bond donors (Lipinski definition) is 2. The zero-order chi connectivity index (χ0) is 11.5. The Morgan fingerprint density at radius 1 is 1.33 bits per heavy atom. The monoisotopic (exact) mass is 229 g/mol. The fraction of sp³-hybridized carbons (Fsp3) is 0.222. The Morgan fingerprint density at radius 3 is 2.33 bits per heavy atom. The van der Waals surface area contributed by atoms with Crippen LogP contribution >= 0.6 is 0 Å². The fourth-order valence-electron chi connectivity index (χ4n) is 1.07. The Morgan fingerprint density at radius 2 is 1.87 bits per heavy atom. The molecule has 5 nitrogen and oxygen atoms in total. The van der Waals surface area contributed by atoms with Crippen LogP contribution in [0.4, 0.5) is 0 Å². The molecule has 0 heterocycles. The average Bonchev–Trinajstić information content (AvgIpc) is 2.16. The summed E-state index contributed by atoms with van der Waals surface area (Å²) in [5.41, 5.74) is 3.89. The SMILES string of the molecule is CC(N)(O[SH](=O)=O)C(=O)c1ccccc1. The molecule has 0 spiro atoms. The molecular formula is C9H11NO4S. The van der Waals surface area contributed by atoms with Crippen molar-refractivity contribution in [3.63, 3.8) is 0 Å². The van der Waals surface area contributed by atoms with Gasteiger partial charge in [0.15, 0.2) is 5.72 Å². The van der Waals surface area contributed by atoms with Crippen molar-refractivity contribution in [2.45, 2.75) is 12.6 Å². The van der Waals surface area contributed by atoms with Gasteiger partial charge in [0.2, 0.25) is 5.78 Å². The molecule has 0 radical (unpaired) electrons. The van der Waals surface area contributed by atoms with Crippen LogP contribution in [-0.4, -0.2) is 19.9 Å². The zero-order valence-corrected chi connectivity index (χ0v) is 8.94. The Hall–Kier alpha value is -1.24. The summed E-state index contributed by atoms with van der Waals surface area (Å²) in [6.07, 6.45) is 0. The van der Waals surface area contributed by atoms with Crippen LogP contribution in [0.25, 0.3) is 0 Å². The lowest BCUT2D eigenvalue weighted by Crippen LogP contribution is -2.47. The van der Waals surface area contributed by atoms with Crippen molar-refractivity contribution in [1.82, 2.24) is 0 Å². The first-order chi connectivity index (χ1) is 6.93. The van der Waals surface area contributed by atoms with E-state index in [2.05, 4.69) is 4.18 Å². The lowest BCUT2D eigenvalue weighted by Gasteiger charge is -2.19. The molecule has 1 atom stereocenters. The van der Waals surface area contributed by atoms with Crippen molar-refractivity contribution < 1.29 is 17.4 Å². The van der Waals surface area contributed by atoms with Crippen molar-refractivity contribution in [2.75, 3.05) is 0 Å². The van der Waals surface area contributed by atoms with Crippen molar-refractivity contribution in [3.05, 3.63) is 35.9 Å². The van der Waals surface area contributed by atoms with Gasteiger partial charge in [0.1, 0.15) is 0 Å². The molecule has 6 heteroatoms. The van der Waals surface area contributed by atoms with E-state index in [0.29, 0.717) is 5.56 Å². The van der Waals surface area contributed by atoms with Gasteiger partial charge >= 0.3 is 0 Å². The Labute approximate surface area is 89.0 Å². The van der Waals surface area contributed by atoms with Crippen LogP contribution in [0, 0.1) is 0 Å². The summed E-state index contributed by atoms with van der Waals surface area (Å²) in [6.45, 7) is 1.20. The number of benzene rings is 1. The van der Waals surface area contributed by atoms with Crippen LogP contribution in [-0.2, 0) is 15.2 Å². The molecule has 0 saturated heterocycles. The topological polar surface area (TPSA) is 86.5 Å². The molecule has 15 heavy (non-hydrogen) atoms. The summed E-state index contributed by atoms with van der Waals surface area (Å²) in [4.78, 5) is 11.7. The van der Waals surface area contributed by atoms with E-state index >= 15 is 0 Å². The van der Waals surface area contributed by atoms with Gasteiger partial charge in [-0.2, -0.15) is 0 Å². The normalized spacial score (nSPS) is 14.9. The number of Topliss-reactive ketones (excluding diaryl/α,β-unsaturated/α-hetero) is 1. The van der Waals surface area contributed by atoms with Gasteiger partial charge in [0, 0.05) is 5.56 Å². The maximum absolute atomic E-state index is 11.7. The van der Waals surface area contributed by atoms with E-state index < -0.39 is 22.5 Å². The maximum atomic E-state index is 11.7. The molecule has 1 aromatic carbocycles. The van der Waals surface area contributed by atoms with E-state index in [1.165, 1.54) is 19.1 Å². The van der Waals surface area contributed by atoms with Gasteiger partial charge in [0.25, 0.3) is 11.0 Å². The van der Waals surface area contributed by atoms with Crippen LogP contribution in [0.3, 0.4) is 0 Å². The van der Waals surface area contributed by atoms with Crippen LogP contribution < -0.4 is 5.73 Å².